The minimum absolute atomic E-state index is 0.00412. The van der Waals surface area contributed by atoms with Crippen LogP contribution in [0.4, 0.5) is 23.7 Å². The average molecular weight is 605 g/mol. The molecule has 4 rings (SSSR count). The Labute approximate surface area is 233 Å². The number of alkyl carbamates (subject to hydrolysis) is 1. The lowest BCUT2D eigenvalue weighted by Gasteiger charge is -2.45. The number of carbonyl (C=O) groups is 2. The molecule has 2 bridgehead atoms. The molecule has 2 amide bonds. The lowest BCUT2D eigenvalue weighted by molar-refractivity contribution is -0.143. The summed E-state index contributed by atoms with van der Waals surface area (Å²) < 4.78 is 72.3. The highest BCUT2D eigenvalue weighted by Crippen LogP contribution is 2.56. The Kier molecular flexibility index (Phi) is 8.42. The number of hydrogen-bond acceptors (Lipinski definition) is 7. The molecular weight excluding hydrogens is 577 g/mol. The highest BCUT2D eigenvalue weighted by molar-refractivity contribution is 7.92. The molecule has 2 aromatic rings. The largest absolute Gasteiger partial charge is 0.453 e. The maximum atomic E-state index is 13.8. The molecule has 2 fully saturated rings. The number of sulfone groups is 1. The quantitative estimate of drug-likeness (QED) is 0.353. The highest BCUT2D eigenvalue weighted by Gasteiger charge is 2.61. The van der Waals surface area contributed by atoms with E-state index < -0.39 is 68.1 Å². The molecule has 0 heterocycles. The van der Waals surface area contributed by atoms with Gasteiger partial charge < -0.3 is 25.6 Å². The van der Waals surface area contributed by atoms with Crippen LogP contribution in [-0.4, -0.2) is 61.2 Å². The van der Waals surface area contributed by atoms with Crippen molar-refractivity contribution in [3.05, 3.63) is 58.4 Å². The second-order valence-corrected chi connectivity index (χ2v) is 12.9. The maximum Gasteiger partial charge on any atom is 0.406 e. The first kappa shape index (κ1) is 30.1. The lowest BCUT2D eigenvalue weighted by atomic mass is 9.70. The van der Waals surface area contributed by atoms with Gasteiger partial charge in [-0.1, -0.05) is 18.5 Å². The molecule has 2 aromatic carbocycles. The van der Waals surface area contributed by atoms with Crippen molar-refractivity contribution < 1.29 is 46.1 Å². The summed E-state index contributed by atoms with van der Waals surface area (Å²) >= 11 is 6.24. The highest BCUT2D eigenvalue weighted by atomic mass is 35.5. The van der Waals surface area contributed by atoms with E-state index in [9.17, 15) is 41.4 Å². The summed E-state index contributed by atoms with van der Waals surface area (Å²) in [5.74, 6) is -6.99. The van der Waals surface area contributed by atoms with Gasteiger partial charge in [0.2, 0.25) is 0 Å². The maximum absolute atomic E-state index is 13.8. The van der Waals surface area contributed by atoms with Crippen molar-refractivity contribution in [1.82, 2.24) is 5.32 Å². The number of nitrogens with one attached hydrogen (secondary N) is 2. The van der Waals surface area contributed by atoms with Crippen LogP contribution in [0.25, 0.3) is 0 Å². The van der Waals surface area contributed by atoms with Crippen LogP contribution in [0.15, 0.2) is 35.2 Å². The first-order valence-electron chi connectivity index (χ1n) is 12.4. The summed E-state index contributed by atoms with van der Waals surface area (Å²) in [6.07, 6.45) is -1.72. The molecule has 0 saturated heterocycles. The molecule has 6 atom stereocenters. The zero-order valence-corrected chi connectivity index (χ0v) is 23.0. The molecule has 2 aliphatic rings. The molecule has 40 heavy (non-hydrogen) atoms. The van der Waals surface area contributed by atoms with Crippen LogP contribution < -0.4 is 10.6 Å². The zero-order chi connectivity index (χ0) is 29.6. The van der Waals surface area contributed by atoms with E-state index in [1.165, 1.54) is 12.1 Å². The van der Waals surface area contributed by atoms with Gasteiger partial charge in [-0.15, -0.1) is 0 Å². The van der Waals surface area contributed by atoms with E-state index in [1.54, 1.807) is 0 Å². The van der Waals surface area contributed by atoms with Gasteiger partial charge in [-0.2, -0.15) is 0 Å². The number of hydrogen-bond donors (Lipinski definition) is 4. The number of methoxy groups -OCH3 is 1. The van der Waals surface area contributed by atoms with Gasteiger partial charge in [-0.05, 0) is 55.2 Å². The van der Waals surface area contributed by atoms with E-state index in [2.05, 4.69) is 15.4 Å². The van der Waals surface area contributed by atoms with Crippen molar-refractivity contribution in [2.24, 2.45) is 17.8 Å². The normalized spacial score (nSPS) is 26.7. The average Bonchev–Trinajstić information content (AvgIpc) is 3.02. The molecule has 0 aromatic heterocycles. The van der Waals surface area contributed by atoms with E-state index >= 15 is 0 Å². The number of aliphatic hydroxyl groups excluding tert-OH is 1. The molecular formula is C26H28ClF3N2O7S. The fourth-order valence-corrected chi connectivity index (χ4v) is 8.40. The summed E-state index contributed by atoms with van der Waals surface area (Å²) in [7, 11) is -3.00. The Bertz CT molecular complexity index is 1420. The van der Waals surface area contributed by atoms with Crippen LogP contribution in [0, 0.1) is 35.2 Å². The Balaban J connectivity index is 1.57. The Hall–Kier alpha value is -2.87. The van der Waals surface area contributed by atoms with Gasteiger partial charge in [0, 0.05) is 29.9 Å². The van der Waals surface area contributed by atoms with E-state index in [4.69, 9.17) is 11.6 Å². The van der Waals surface area contributed by atoms with Crippen LogP contribution in [-0.2, 0) is 14.6 Å². The Morgan fingerprint density at radius 3 is 2.40 bits per heavy atom. The number of halogens is 4. The molecule has 3 unspecified atom stereocenters. The smallest absolute Gasteiger partial charge is 0.406 e. The fourth-order valence-electron chi connectivity index (χ4n) is 6.02. The molecule has 4 N–H and O–H groups in total. The molecule has 0 radical (unpaired) electrons. The molecule has 14 heteroatoms. The second kappa shape index (κ2) is 11.2. The van der Waals surface area contributed by atoms with Crippen molar-refractivity contribution in [2.45, 2.75) is 48.0 Å². The number of rotatable bonds is 7. The van der Waals surface area contributed by atoms with Crippen LogP contribution in [0.3, 0.4) is 0 Å². The minimum atomic E-state index is -4.16. The van der Waals surface area contributed by atoms with Crippen molar-refractivity contribution in [1.29, 1.82) is 0 Å². The number of benzene rings is 2. The molecule has 2 aliphatic carbocycles. The van der Waals surface area contributed by atoms with E-state index in [-0.39, 0.29) is 46.5 Å². The van der Waals surface area contributed by atoms with Gasteiger partial charge in [0.1, 0.15) is 6.10 Å². The number of fused-ring (bicyclic) bond motifs is 2. The van der Waals surface area contributed by atoms with E-state index in [1.807, 2.05) is 6.92 Å². The van der Waals surface area contributed by atoms with Crippen molar-refractivity contribution in [3.8, 4) is 0 Å². The third-order valence-electron chi connectivity index (χ3n) is 7.99. The number of ether oxygens (including phenoxy) is 1. The molecule has 218 valence electrons. The van der Waals surface area contributed by atoms with Crippen LogP contribution in [0.2, 0.25) is 5.02 Å². The minimum Gasteiger partial charge on any atom is -0.453 e. The van der Waals surface area contributed by atoms with E-state index in [0.29, 0.717) is 18.6 Å². The number of amides is 2. The van der Waals surface area contributed by atoms with Gasteiger partial charge in [0.05, 0.1) is 27.9 Å². The van der Waals surface area contributed by atoms with Gasteiger partial charge in [-0.3, -0.25) is 4.79 Å². The predicted octanol–water partition coefficient (Wildman–Crippen LogP) is 3.67. The lowest BCUT2D eigenvalue weighted by Crippen LogP contribution is -2.59. The Morgan fingerprint density at radius 1 is 1.15 bits per heavy atom. The summed E-state index contributed by atoms with van der Waals surface area (Å²) in [6.45, 7) is 1.56. The van der Waals surface area contributed by atoms with E-state index in [0.717, 1.165) is 13.2 Å². The van der Waals surface area contributed by atoms with Crippen LogP contribution in [0.1, 0.15) is 36.5 Å². The van der Waals surface area contributed by atoms with Crippen molar-refractivity contribution >= 4 is 39.1 Å². The first-order valence-corrected chi connectivity index (χ1v) is 14.3. The monoisotopic (exact) mass is 604 g/mol. The molecule has 0 spiro atoms. The number of anilines is 1. The predicted molar refractivity (Wildman–Crippen MR) is 138 cm³/mol. The summed E-state index contributed by atoms with van der Waals surface area (Å²) in [5, 5.41) is 25.7. The van der Waals surface area contributed by atoms with Gasteiger partial charge >= 0.3 is 6.09 Å². The van der Waals surface area contributed by atoms with Crippen molar-refractivity contribution in [2.75, 3.05) is 19.0 Å². The summed E-state index contributed by atoms with van der Waals surface area (Å²) in [6, 6.07) is 4.64. The van der Waals surface area contributed by atoms with Crippen LogP contribution in [0.5, 0.6) is 0 Å². The third-order valence-corrected chi connectivity index (χ3v) is 10.6. The third kappa shape index (κ3) is 5.39. The van der Waals surface area contributed by atoms with Crippen molar-refractivity contribution in [3.63, 3.8) is 0 Å². The summed E-state index contributed by atoms with van der Waals surface area (Å²) in [5.41, 5.74) is -2.20. The molecule has 2 saturated carbocycles. The van der Waals surface area contributed by atoms with Gasteiger partial charge in [-0.25, -0.2) is 26.4 Å². The number of carbonyl (C=O) groups excluding carboxylic acids is 2. The second-order valence-electron chi connectivity index (χ2n) is 10.3. The molecule has 9 nitrogen and oxygen atoms in total. The summed E-state index contributed by atoms with van der Waals surface area (Å²) in [4.78, 5) is 23.9. The first-order chi connectivity index (χ1) is 18.7. The SMILES string of the molecule is COC(=O)NCC(O)[C@@]1(O)C2C[C@@H](S(=O)(=O)c3cc(C(=O)Nc4cc(F)c(F)c(F)c4)ccc3Cl)CC1[C@@H](C)C2. The topological polar surface area (TPSA) is 142 Å². The fraction of sp³-hybridized carbons (Fsp3) is 0.462. The zero-order valence-electron chi connectivity index (χ0n) is 21.5. The Morgan fingerprint density at radius 2 is 1.80 bits per heavy atom. The number of aliphatic hydroxyl groups is 2. The standard InChI is InChI=1S/C26H28ClF3N2O7S/c1-12-5-14-7-16(10-17(12)26(14,36)22(33)11-31-25(35)39-2)40(37,38)21-6-13(3-4-18(21)27)24(34)32-15-8-19(28)23(30)20(29)9-15/h3-4,6,8-9,12,14,16-17,22,33,36H,5,7,10-11H2,1-2H3,(H,31,35)(H,32,34)/t12-,14?,16+,17?,22?,26+/m0/s1. The van der Waals surface area contributed by atoms with Gasteiger partial charge in [0.25, 0.3) is 5.91 Å². The van der Waals surface area contributed by atoms with Crippen LogP contribution >= 0.6 is 11.6 Å². The molecule has 0 aliphatic heterocycles. The van der Waals surface area contributed by atoms with Gasteiger partial charge in [0.15, 0.2) is 27.3 Å².